The second-order valence-corrected chi connectivity index (χ2v) is 7.15. The van der Waals surface area contributed by atoms with Gasteiger partial charge in [0.2, 0.25) is 0 Å². The zero-order valence-electron chi connectivity index (χ0n) is 16.2. The molecule has 6 heteroatoms. The number of amides is 1. The lowest BCUT2D eigenvalue weighted by Gasteiger charge is -2.38. The molecule has 1 heterocycles. The molecule has 0 spiro atoms. The van der Waals surface area contributed by atoms with Crippen LogP contribution in [0.5, 0.6) is 0 Å². The van der Waals surface area contributed by atoms with Crippen LogP contribution in [0.4, 0.5) is 0 Å². The van der Waals surface area contributed by atoms with E-state index in [1.165, 1.54) is 6.08 Å². The fourth-order valence-corrected chi connectivity index (χ4v) is 3.01. The molecule has 1 aromatic carbocycles. The van der Waals surface area contributed by atoms with Gasteiger partial charge in [-0.2, -0.15) is 0 Å². The molecule has 0 fully saturated rings. The van der Waals surface area contributed by atoms with Gasteiger partial charge >= 0.3 is 0 Å². The number of benzene rings is 1. The highest BCUT2D eigenvalue weighted by Gasteiger charge is 2.23. The van der Waals surface area contributed by atoms with Crippen LogP contribution in [0.2, 0.25) is 0 Å². The first kappa shape index (κ1) is 20.1. The molecule has 1 aromatic heterocycles. The Labute approximate surface area is 155 Å². The van der Waals surface area contributed by atoms with Crippen molar-refractivity contribution >= 4 is 23.0 Å². The van der Waals surface area contributed by atoms with Crippen molar-refractivity contribution in [2.24, 2.45) is 0 Å². The summed E-state index contributed by atoms with van der Waals surface area (Å²) < 4.78 is 2.18. The molecule has 0 aliphatic heterocycles. The number of hydrogen-bond acceptors (Lipinski definition) is 4. The zero-order chi connectivity index (χ0) is 19.2. The van der Waals surface area contributed by atoms with Gasteiger partial charge in [-0.3, -0.25) is 14.9 Å². The standard InChI is InChI=1S/C20H30N4O2/c1-5-11-24(20(3,4)6-2)13-12-23-15-21-17-14-16(7-9-18(17)23)8-10-19(25)22-26/h7-10,14-15,26H,5-6,11-13H2,1-4H3,(H,22,25). The first-order valence-corrected chi connectivity index (χ1v) is 9.23. The second-order valence-electron chi connectivity index (χ2n) is 7.15. The summed E-state index contributed by atoms with van der Waals surface area (Å²) in [4.78, 5) is 18.1. The molecular formula is C20H30N4O2. The van der Waals surface area contributed by atoms with E-state index in [-0.39, 0.29) is 5.54 Å². The van der Waals surface area contributed by atoms with Crippen molar-refractivity contribution in [3.8, 4) is 0 Å². The van der Waals surface area contributed by atoms with Crippen molar-refractivity contribution in [1.82, 2.24) is 19.9 Å². The van der Waals surface area contributed by atoms with Gasteiger partial charge in [-0.15, -0.1) is 0 Å². The van der Waals surface area contributed by atoms with Crippen molar-refractivity contribution in [3.05, 3.63) is 36.2 Å². The van der Waals surface area contributed by atoms with Crippen LogP contribution in [-0.2, 0) is 11.3 Å². The number of nitrogens with one attached hydrogen (secondary N) is 1. The fraction of sp³-hybridized carbons (Fsp3) is 0.500. The van der Waals surface area contributed by atoms with Crippen LogP contribution in [0.25, 0.3) is 17.1 Å². The van der Waals surface area contributed by atoms with Crippen LogP contribution in [0, 0.1) is 0 Å². The van der Waals surface area contributed by atoms with E-state index in [1.54, 1.807) is 11.6 Å². The van der Waals surface area contributed by atoms with E-state index in [0.717, 1.165) is 49.1 Å². The fourth-order valence-electron chi connectivity index (χ4n) is 3.01. The third kappa shape index (κ3) is 4.93. The summed E-state index contributed by atoms with van der Waals surface area (Å²) >= 11 is 0. The van der Waals surface area contributed by atoms with Gasteiger partial charge in [0.1, 0.15) is 0 Å². The maximum absolute atomic E-state index is 11.1. The molecule has 0 saturated heterocycles. The maximum atomic E-state index is 11.1. The van der Waals surface area contributed by atoms with Crippen molar-refractivity contribution in [3.63, 3.8) is 0 Å². The molecule has 2 aromatic rings. The molecule has 0 atom stereocenters. The van der Waals surface area contributed by atoms with Gasteiger partial charge in [0.15, 0.2) is 0 Å². The minimum absolute atomic E-state index is 0.192. The summed E-state index contributed by atoms with van der Waals surface area (Å²) in [5.41, 5.74) is 4.62. The lowest BCUT2D eigenvalue weighted by atomic mass is 9.99. The SMILES string of the molecule is CCCN(CCn1cnc2cc(C=CC(=O)NO)ccc21)C(C)(C)CC. The van der Waals surface area contributed by atoms with E-state index in [0.29, 0.717) is 0 Å². The molecule has 142 valence electrons. The number of fused-ring (bicyclic) bond motifs is 1. The Balaban J connectivity index is 2.13. The normalized spacial score (nSPS) is 12.4. The van der Waals surface area contributed by atoms with E-state index in [4.69, 9.17) is 5.21 Å². The van der Waals surface area contributed by atoms with Crippen molar-refractivity contribution < 1.29 is 10.0 Å². The average Bonchev–Trinajstić information content (AvgIpc) is 3.05. The monoisotopic (exact) mass is 358 g/mol. The van der Waals surface area contributed by atoms with Gasteiger partial charge in [-0.1, -0.05) is 19.9 Å². The third-order valence-electron chi connectivity index (χ3n) is 5.01. The van der Waals surface area contributed by atoms with Crippen LogP contribution in [0.15, 0.2) is 30.6 Å². The highest BCUT2D eigenvalue weighted by Crippen LogP contribution is 2.20. The highest BCUT2D eigenvalue weighted by molar-refractivity contribution is 5.91. The van der Waals surface area contributed by atoms with E-state index >= 15 is 0 Å². The van der Waals surface area contributed by atoms with Crippen molar-refractivity contribution in [2.75, 3.05) is 13.1 Å². The molecule has 0 aliphatic rings. The molecular weight excluding hydrogens is 328 g/mol. The molecule has 2 rings (SSSR count). The molecule has 0 saturated carbocycles. The van der Waals surface area contributed by atoms with Crippen LogP contribution in [0.1, 0.15) is 46.1 Å². The summed E-state index contributed by atoms with van der Waals surface area (Å²) in [5, 5.41) is 8.53. The van der Waals surface area contributed by atoms with E-state index < -0.39 is 5.91 Å². The average molecular weight is 358 g/mol. The van der Waals surface area contributed by atoms with Gasteiger partial charge in [-0.05, 0) is 57.0 Å². The molecule has 2 N–H and O–H groups in total. The van der Waals surface area contributed by atoms with Crippen LogP contribution in [0.3, 0.4) is 0 Å². The van der Waals surface area contributed by atoms with Gasteiger partial charge in [0.05, 0.1) is 17.4 Å². The number of carbonyl (C=O) groups excluding carboxylic acids is 1. The molecule has 0 unspecified atom stereocenters. The van der Waals surface area contributed by atoms with Gasteiger partial charge in [0.25, 0.3) is 5.91 Å². The van der Waals surface area contributed by atoms with Gasteiger partial charge < -0.3 is 4.57 Å². The van der Waals surface area contributed by atoms with Crippen molar-refractivity contribution in [1.29, 1.82) is 0 Å². The molecule has 6 nitrogen and oxygen atoms in total. The Hall–Kier alpha value is -2.18. The van der Waals surface area contributed by atoms with E-state index in [9.17, 15) is 4.79 Å². The molecule has 0 aliphatic carbocycles. The Morgan fingerprint density at radius 3 is 2.77 bits per heavy atom. The number of carbonyl (C=O) groups is 1. The molecule has 0 bridgehead atoms. The van der Waals surface area contributed by atoms with Gasteiger partial charge in [0, 0.05) is 24.7 Å². The summed E-state index contributed by atoms with van der Waals surface area (Å²) in [7, 11) is 0. The molecule has 1 amide bonds. The Morgan fingerprint density at radius 2 is 2.12 bits per heavy atom. The summed E-state index contributed by atoms with van der Waals surface area (Å²) in [6, 6.07) is 5.90. The Bertz CT molecular complexity index is 764. The summed E-state index contributed by atoms with van der Waals surface area (Å²) in [5.74, 6) is -0.551. The summed E-state index contributed by atoms with van der Waals surface area (Å²) in [6.45, 7) is 12.0. The van der Waals surface area contributed by atoms with Gasteiger partial charge in [-0.25, -0.2) is 10.5 Å². The predicted octanol–water partition coefficient (Wildman–Crippen LogP) is 3.46. The maximum Gasteiger partial charge on any atom is 0.267 e. The van der Waals surface area contributed by atoms with Crippen molar-refractivity contribution in [2.45, 2.75) is 52.6 Å². The quantitative estimate of drug-likeness (QED) is 0.409. The van der Waals surface area contributed by atoms with E-state index in [2.05, 4.69) is 42.1 Å². The number of rotatable bonds is 9. The number of imidazole rings is 1. The number of hydroxylamine groups is 1. The second kappa shape index (κ2) is 8.96. The van der Waals surface area contributed by atoms with Crippen LogP contribution >= 0.6 is 0 Å². The highest BCUT2D eigenvalue weighted by atomic mass is 16.5. The lowest BCUT2D eigenvalue weighted by molar-refractivity contribution is -0.124. The Morgan fingerprint density at radius 1 is 1.35 bits per heavy atom. The summed E-state index contributed by atoms with van der Waals surface area (Å²) in [6.07, 6.45) is 7.08. The third-order valence-corrected chi connectivity index (χ3v) is 5.01. The predicted molar refractivity (Wildman–Crippen MR) is 105 cm³/mol. The minimum atomic E-state index is -0.551. The first-order valence-electron chi connectivity index (χ1n) is 9.23. The smallest absolute Gasteiger partial charge is 0.267 e. The molecule has 26 heavy (non-hydrogen) atoms. The lowest BCUT2D eigenvalue weighted by Crippen LogP contribution is -2.45. The van der Waals surface area contributed by atoms with Crippen LogP contribution < -0.4 is 5.48 Å². The number of hydrogen-bond donors (Lipinski definition) is 2. The number of aromatic nitrogens is 2. The largest absolute Gasteiger partial charge is 0.329 e. The molecule has 0 radical (unpaired) electrons. The zero-order valence-corrected chi connectivity index (χ0v) is 16.2. The Kier molecular flexibility index (Phi) is 6.94. The van der Waals surface area contributed by atoms with Crippen LogP contribution in [-0.4, -0.2) is 44.2 Å². The number of nitrogens with zero attached hydrogens (tertiary/aromatic N) is 3. The minimum Gasteiger partial charge on any atom is -0.329 e. The topological polar surface area (TPSA) is 70.4 Å². The first-order chi connectivity index (χ1) is 12.4. The van der Waals surface area contributed by atoms with E-state index in [1.807, 2.05) is 24.5 Å².